The van der Waals surface area contributed by atoms with E-state index in [2.05, 4.69) is 4.72 Å². The van der Waals surface area contributed by atoms with E-state index in [0.717, 1.165) is 17.7 Å². The minimum absolute atomic E-state index is 0.0701. The summed E-state index contributed by atoms with van der Waals surface area (Å²) in [6.45, 7) is 0. The van der Waals surface area contributed by atoms with Crippen molar-refractivity contribution in [3.63, 3.8) is 0 Å². The first kappa shape index (κ1) is 19.7. The van der Waals surface area contributed by atoms with Crippen molar-refractivity contribution in [2.75, 3.05) is 0 Å². The number of nitro groups is 1. The summed E-state index contributed by atoms with van der Waals surface area (Å²) in [5.74, 6) is 0. The summed E-state index contributed by atoms with van der Waals surface area (Å²) >= 11 is 0. The summed E-state index contributed by atoms with van der Waals surface area (Å²) < 4.78 is 28.4. The fourth-order valence-corrected chi connectivity index (χ4v) is 4.11. The summed E-state index contributed by atoms with van der Waals surface area (Å²) in [5.41, 5.74) is 7.72. The first-order chi connectivity index (χ1) is 13.4. The molecule has 7 nitrogen and oxygen atoms in total. The lowest BCUT2D eigenvalue weighted by Gasteiger charge is -2.26. The lowest BCUT2D eigenvalue weighted by molar-refractivity contribution is -0.384. The number of sulfonamides is 1. The zero-order valence-electron chi connectivity index (χ0n) is 14.8. The second kappa shape index (κ2) is 8.30. The minimum Gasteiger partial charge on any atom is -0.322 e. The third-order valence-electron chi connectivity index (χ3n) is 4.34. The molecule has 0 heterocycles. The van der Waals surface area contributed by atoms with Crippen LogP contribution in [0.4, 0.5) is 5.69 Å². The van der Waals surface area contributed by atoms with E-state index in [1.165, 1.54) is 12.1 Å². The van der Waals surface area contributed by atoms with E-state index in [1.807, 2.05) is 36.4 Å². The smallest absolute Gasteiger partial charge is 0.269 e. The van der Waals surface area contributed by atoms with E-state index >= 15 is 0 Å². The number of nitrogens with zero attached hydrogens (tertiary/aromatic N) is 1. The van der Waals surface area contributed by atoms with Gasteiger partial charge in [0.25, 0.3) is 5.69 Å². The molecule has 2 atom stereocenters. The minimum atomic E-state index is -3.96. The highest BCUT2D eigenvalue weighted by Gasteiger charge is 2.27. The number of hydrogen-bond donors (Lipinski definition) is 2. The molecule has 0 amide bonds. The molecule has 0 aliphatic heterocycles. The number of hydrogen-bond acceptors (Lipinski definition) is 5. The Kier molecular flexibility index (Phi) is 5.84. The Labute approximate surface area is 163 Å². The molecular formula is C20H19N3O4S. The van der Waals surface area contributed by atoms with Crippen LogP contribution in [0.3, 0.4) is 0 Å². The maximum absolute atomic E-state index is 12.9. The molecule has 3 aromatic carbocycles. The third kappa shape index (κ3) is 4.42. The maximum atomic E-state index is 12.9. The Bertz CT molecular complexity index is 1040. The van der Waals surface area contributed by atoms with Crippen molar-refractivity contribution in [3.8, 4) is 0 Å². The second-order valence-corrected chi connectivity index (χ2v) is 7.91. The zero-order valence-corrected chi connectivity index (χ0v) is 15.6. The third-order valence-corrected chi connectivity index (χ3v) is 5.80. The molecule has 3 N–H and O–H groups in total. The van der Waals surface area contributed by atoms with E-state index < -0.39 is 27.0 Å². The summed E-state index contributed by atoms with van der Waals surface area (Å²) in [6.07, 6.45) is 0. The Hall–Kier alpha value is -3.07. The molecule has 3 aromatic rings. The number of nitro benzene ring substituents is 1. The number of nitrogens with one attached hydrogen (secondary N) is 1. The van der Waals surface area contributed by atoms with E-state index in [4.69, 9.17) is 5.73 Å². The molecule has 144 valence electrons. The average Bonchev–Trinajstić information content (AvgIpc) is 2.73. The van der Waals surface area contributed by atoms with Crippen LogP contribution in [-0.2, 0) is 10.0 Å². The molecule has 0 aromatic heterocycles. The van der Waals surface area contributed by atoms with Gasteiger partial charge in [-0.05, 0) is 23.3 Å². The van der Waals surface area contributed by atoms with E-state index in [9.17, 15) is 18.5 Å². The van der Waals surface area contributed by atoms with Crippen molar-refractivity contribution in [2.24, 2.45) is 5.73 Å². The van der Waals surface area contributed by atoms with Gasteiger partial charge in [-0.1, -0.05) is 60.7 Å². The number of rotatable bonds is 7. The van der Waals surface area contributed by atoms with Gasteiger partial charge in [0, 0.05) is 12.1 Å². The SMILES string of the molecule is N[C@H](c1ccccc1)[C@@H](NS(=O)(=O)c1ccc([N+](=O)[O-])cc1)c1ccccc1. The number of non-ortho nitro benzene ring substituents is 1. The van der Waals surface area contributed by atoms with Crippen LogP contribution in [0.5, 0.6) is 0 Å². The van der Waals surface area contributed by atoms with Crippen LogP contribution in [0.1, 0.15) is 23.2 Å². The van der Waals surface area contributed by atoms with Crippen molar-refractivity contribution in [1.82, 2.24) is 4.72 Å². The normalized spacial score (nSPS) is 13.6. The van der Waals surface area contributed by atoms with Crippen LogP contribution in [0.25, 0.3) is 0 Å². The topological polar surface area (TPSA) is 115 Å². The van der Waals surface area contributed by atoms with Crippen LogP contribution >= 0.6 is 0 Å². The Morgan fingerprint density at radius 2 is 1.32 bits per heavy atom. The highest BCUT2D eigenvalue weighted by atomic mass is 32.2. The Balaban J connectivity index is 1.95. The molecule has 0 fully saturated rings. The largest absolute Gasteiger partial charge is 0.322 e. The molecule has 0 aliphatic carbocycles. The van der Waals surface area contributed by atoms with Crippen LogP contribution in [0.15, 0.2) is 89.8 Å². The lowest BCUT2D eigenvalue weighted by atomic mass is 9.95. The van der Waals surface area contributed by atoms with Crippen molar-refractivity contribution in [1.29, 1.82) is 0 Å². The first-order valence-corrected chi connectivity index (χ1v) is 9.99. The van der Waals surface area contributed by atoms with Gasteiger partial charge in [0.15, 0.2) is 0 Å². The van der Waals surface area contributed by atoms with E-state index in [1.54, 1.807) is 24.3 Å². The summed E-state index contributed by atoms with van der Waals surface area (Å²) in [5, 5.41) is 10.8. The predicted octanol–water partition coefficient (Wildman–Crippen LogP) is 3.31. The first-order valence-electron chi connectivity index (χ1n) is 8.51. The van der Waals surface area contributed by atoms with Crippen LogP contribution < -0.4 is 10.5 Å². The Morgan fingerprint density at radius 1 is 0.821 bits per heavy atom. The number of nitrogens with two attached hydrogens (primary N) is 1. The van der Waals surface area contributed by atoms with Crippen LogP contribution in [0, 0.1) is 10.1 Å². The molecule has 0 saturated carbocycles. The van der Waals surface area contributed by atoms with Crippen LogP contribution in [-0.4, -0.2) is 13.3 Å². The molecule has 0 unspecified atom stereocenters. The molecule has 3 rings (SSSR count). The van der Waals surface area contributed by atoms with Gasteiger partial charge in [-0.15, -0.1) is 0 Å². The van der Waals surface area contributed by atoms with Crippen LogP contribution in [0.2, 0.25) is 0 Å². The number of benzene rings is 3. The van der Waals surface area contributed by atoms with Gasteiger partial charge in [0.1, 0.15) is 0 Å². The van der Waals surface area contributed by atoms with Gasteiger partial charge in [0.05, 0.1) is 21.9 Å². The Morgan fingerprint density at radius 3 is 1.82 bits per heavy atom. The van der Waals surface area contributed by atoms with E-state index in [-0.39, 0.29) is 10.6 Å². The fraction of sp³-hybridized carbons (Fsp3) is 0.100. The monoisotopic (exact) mass is 397 g/mol. The summed E-state index contributed by atoms with van der Waals surface area (Å²) in [4.78, 5) is 10.1. The summed E-state index contributed by atoms with van der Waals surface area (Å²) in [6, 6.07) is 21.6. The molecule has 28 heavy (non-hydrogen) atoms. The van der Waals surface area contributed by atoms with Crippen molar-refractivity contribution in [3.05, 3.63) is 106 Å². The van der Waals surface area contributed by atoms with Crippen molar-refractivity contribution < 1.29 is 13.3 Å². The highest BCUT2D eigenvalue weighted by molar-refractivity contribution is 7.89. The van der Waals surface area contributed by atoms with Crippen molar-refractivity contribution >= 4 is 15.7 Å². The van der Waals surface area contributed by atoms with Gasteiger partial charge >= 0.3 is 0 Å². The summed E-state index contributed by atoms with van der Waals surface area (Å²) in [7, 11) is -3.96. The van der Waals surface area contributed by atoms with E-state index in [0.29, 0.717) is 5.56 Å². The molecule has 0 radical (unpaired) electrons. The molecule has 0 aliphatic rings. The fourth-order valence-electron chi connectivity index (χ4n) is 2.86. The predicted molar refractivity (Wildman–Crippen MR) is 106 cm³/mol. The van der Waals surface area contributed by atoms with Gasteiger partial charge in [0.2, 0.25) is 10.0 Å². The molecule has 8 heteroatoms. The maximum Gasteiger partial charge on any atom is 0.269 e. The lowest BCUT2D eigenvalue weighted by Crippen LogP contribution is -2.36. The molecule has 0 bridgehead atoms. The standard InChI is InChI=1S/C20H19N3O4S/c21-19(15-7-3-1-4-8-15)20(16-9-5-2-6-10-16)22-28(26,27)18-13-11-17(12-14-18)23(24)25/h1-14,19-20,22H,21H2/t19-,20+/m1/s1. The molecule has 0 spiro atoms. The highest BCUT2D eigenvalue weighted by Crippen LogP contribution is 2.29. The van der Waals surface area contributed by atoms with Gasteiger partial charge < -0.3 is 5.73 Å². The quantitative estimate of drug-likeness (QED) is 0.469. The molecule has 0 saturated heterocycles. The zero-order chi connectivity index (χ0) is 20.1. The second-order valence-electron chi connectivity index (χ2n) is 6.20. The van der Waals surface area contributed by atoms with Gasteiger partial charge in [-0.3, -0.25) is 10.1 Å². The van der Waals surface area contributed by atoms with Gasteiger partial charge in [-0.25, -0.2) is 13.1 Å². The van der Waals surface area contributed by atoms with Crippen molar-refractivity contribution in [2.45, 2.75) is 17.0 Å². The average molecular weight is 397 g/mol. The molecular weight excluding hydrogens is 378 g/mol. The van der Waals surface area contributed by atoms with Gasteiger partial charge in [-0.2, -0.15) is 0 Å².